The molecule has 1 aliphatic carbocycles. The summed E-state index contributed by atoms with van der Waals surface area (Å²) in [7, 11) is 1.79. The van der Waals surface area contributed by atoms with Crippen molar-refractivity contribution in [2.75, 3.05) is 0 Å². The van der Waals surface area contributed by atoms with Crippen LogP contribution in [0.4, 0.5) is 4.39 Å². The molecule has 4 rings (SSSR count). The Bertz CT molecular complexity index is 1070. The van der Waals surface area contributed by atoms with E-state index in [-0.39, 0.29) is 5.78 Å². The van der Waals surface area contributed by atoms with Gasteiger partial charge in [0.15, 0.2) is 5.78 Å². The van der Waals surface area contributed by atoms with E-state index in [4.69, 9.17) is 0 Å². The fourth-order valence-corrected chi connectivity index (χ4v) is 3.85. The van der Waals surface area contributed by atoms with Crippen molar-refractivity contribution in [3.05, 3.63) is 76.4 Å². The van der Waals surface area contributed by atoms with Gasteiger partial charge < -0.3 is 14.9 Å². The molecule has 1 amide bonds. The number of imidazole rings is 1. The molecule has 1 atom stereocenters. The molecule has 0 fully saturated rings. The van der Waals surface area contributed by atoms with Gasteiger partial charge in [0.05, 0.1) is 0 Å². The highest BCUT2D eigenvalue weighted by Gasteiger charge is 2.29. The molecule has 0 saturated carbocycles. The molecule has 0 radical (unpaired) electrons. The van der Waals surface area contributed by atoms with Crippen LogP contribution in [0.15, 0.2) is 36.7 Å². The van der Waals surface area contributed by atoms with Crippen LogP contribution in [0.25, 0.3) is 0 Å². The molecule has 0 aliphatic heterocycles. The minimum Gasteiger partial charge on any atom is -0.354 e. The number of aryl methyl sites for hydroxylation is 2. The normalized spacial score (nSPS) is 14.6. The van der Waals surface area contributed by atoms with Gasteiger partial charge in [0.1, 0.15) is 23.4 Å². The highest BCUT2D eigenvalue weighted by atomic mass is 19.1. The maximum atomic E-state index is 14.5. The molecular formula is C21H21FN4O2. The maximum absolute atomic E-state index is 14.5. The van der Waals surface area contributed by atoms with Crippen LogP contribution in [0.3, 0.4) is 0 Å². The number of hydrogen-bond acceptors (Lipinski definition) is 3. The topological polar surface area (TPSA) is 79.8 Å². The number of amides is 1. The standard InChI is InChI=1S/C21H21FN4O2/c1-12-17-15(8-5-9-16(17)27)24-18(12)21(28)25-19(20-23-10-11-26(20)2)13-6-3-4-7-14(13)22/h3-4,6-7,10-11,19,24H,5,8-9H2,1-2H3,(H,25,28). The molecule has 2 aromatic heterocycles. The number of Topliss-reactive ketones (excluding diaryl/α,β-unsaturated/α-hetero) is 1. The van der Waals surface area contributed by atoms with Crippen LogP contribution in [0.2, 0.25) is 0 Å². The third-order valence-corrected chi connectivity index (χ3v) is 5.27. The molecule has 2 N–H and O–H groups in total. The van der Waals surface area contributed by atoms with E-state index in [1.54, 1.807) is 49.1 Å². The third-order valence-electron chi connectivity index (χ3n) is 5.27. The van der Waals surface area contributed by atoms with Gasteiger partial charge in [-0.1, -0.05) is 18.2 Å². The molecule has 144 valence electrons. The highest BCUT2D eigenvalue weighted by molar-refractivity contribution is 6.04. The molecule has 6 nitrogen and oxygen atoms in total. The van der Waals surface area contributed by atoms with Crippen molar-refractivity contribution in [3.63, 3.8) is 0 Å². The summed E-state index contributed by atoms with van der Waals surface area (Å²) in [6.45, 7) is 1.77. The number of carbonyl (C=O) groups excluding carboxylic acids is 2. The third kappa shape index (κ3) is 3.02. The Morgan fingerprint density at radius 3 is 2.79 bits per heavy atom. The van der Waals surface area contributed by atoms with Crippen LogP contribution in [-0.4, -0.2) is 26.2 Å². The number of aromatic nitrogens is 3. The second-order valence-electron chi connectivity index (χ2n) is 7.08. The van der Waals surface area contributed by atoms with Gasteiger partial charge in [-0.2, -0.15) is 0 Å². The summed E-state index contributed by atoms with van der Waals surface area (Å²) in [4.78, 5) is 32.7. The van der Waals surface area contributed by atoms with Crippen LogP contribution < -0.4 is 5.32 Å². The molecule has 0 saturated heterocycles. The molecule has 0 spiro atoms. The fraction of sp³-hybridized carbons (Fsp3) is 0.286. The van der Waals surface area contributed by atoms with Gasteiger partial charge >= 0.3 is 0 Å². The number of carbonyl (C=O) groups is 2. The van der Waals surface area contributed by atoms with E-state index >= 15 is 0 Å². The van der Waals surface area contributed by atoms with Crippen LogP contribution in [0, 0.1) is 12.7 Å². The van der Waals surface area contributed by atoms with Gasteiger partial charge in [-0.05, 0) is 31.4 Å². The first-order valence-electron chi connectivity index (χ1n) is 9.24. The summed E-state index contributed by atoms with van der Waals surface area (Å²) in [5, 5.41) is 2.89. The van der Waals surface area contributed by atoms with E-state index < -0.39 is 17.8 Å². The SMILES string of the molecule is Cc1c(C(=O)NC(c2ccccc2F)c2nccn2C)[nH]c2c1C(=O)CCC2. The summed E-state index contributed by atoms with van der Waals surface area (Å²) in [5.74, 6) is -0.239. The van der Waals surface area contributed by atoms with Gasteiger partial charge in [0, 0.05) is 42.7 Å². The second kappa shape index (κ2) is 7.07. The predicted octanol–water partition coefficient (Wildman–Crippen LogP) is 3.23. The summed E-state index contributed by atoms with van der Waals surface area (Å²) in [6.07, 6.45) is 5.36. The van der Waals surface area contributed by atoms with Crippen LogP contribution in [0.5, 0.6) is 0 Å². The van der Waals surface area contributed by atoms with Crippen molar-refractivity contribution in [1.82, 2.24) is 19.9 Å². The van der Waals surface area contributed by atoms with Crippen molar-refractivity contribution in [1.29, 1.82) is 0 Å². The van der Waals surface area contributed by atoms with Crippen molar-refractivity contribution < 1.29 is 14.0 Å². The van der Waals surface area contributed by atoms with Gasteiger partial charge in [-0.3, -0.25) is 9.59 Å². The van der Waals surface area contributed by atoms with Crippen LogP contribution >= 0.6 is 0 Å². The number of rotatable bonds is 4. The van der Waals surface area contributed by atoms with E-state index in [1.807, 2.05) is 0 Å². The molecule has 1 unspecified atom stereocenters. The summed E-state index contributed by atoms with van der Waals surface area (Å²) >= 11 is 0. The molecule has 7 heteroatoms. The number of aromatic amines is 1. The molecule has 2 heterocycles. The van der Waals surface area contributed by atoms with Crippen molar-refractivity contribution in [2.24, 2.45) is 7.05 Å². The molecule has 1 aromatic carbocycles. The summed E-state index contributed by atoms with van der Waals surface area (Å²) < 4.78 is 16.2. The average molecular weight is 380 g/mol. The zero-order valence-corrected chi connectivity index (χ0v) is 15.8. The van der Waals surface area contributed by atoms with Crippen molar-refractivity contribution in [3.8, 4) is 0 Å². The van der Waals surface area contributed by atoms with E-state index in [0.717, 1.165) is 18.5 Å². The molecule has 1 aliphatic rings. The first-order chi connectivity index (χ1) is 13.5. The monoisotopic (exact) mass is 380 g/mol. The van der Waals surface area contributed by atoms with Crippen LogP contribution in [-0.2, 0) is 13.5 Å². The Morgan fingerprint density at radius 2 is 2.11 bits per heavy atom. The Hall–Kier alpha value is -3.22. The number of nitrogens with zero attached hydrogens (tertiary/aromatic N) is 2. The average Bonchev–Trinajstić information content (AvgIpc) is 3.24. The lowest BCUT2D eigenvalue weighted by atomic mass is 9.93. The molecular weight excluding hydrogens is 359 g/mol. The van der Waals surface area contributed by atoms with Crippen molar-refractivity contribution in [2.45, 2.75) is 32.2 Å². The lowest BCUT2D eigenvalue weighted by Gasteiger charge is -2.19. The maximum Gasteiger partial charge on any atom is 0.268 e. The van der Waals surface area contributed by atoms with E-state index in [0.29, 0.717) is 34.6 Å². The largest absolute Gasteiger partial charge is 0.354 e. The fourth-order valence-electron chi connectivity index (χ4n) is 3.85. The zero-order chi connectivity index (χ0) is 19.8. The number of fused-ring (bicyclic) bond motifs is 1. The van der Waals surface area contributed by atoms with Crippen LogP contribution in [0.1, 0.15) is 62.4 Å². The van der Waals surface area contributed by atoms with E-state index in [9.17, 15) is 14.0 Å². The Labute approximate surface area is 161 Å². The number of nitrogens with one attached hydrogen (secondary N) is 2. The molecule has 0 bridgehead atoms. The number of ketones is 1. The summed E-state index contributed by atoms with van der Waals surface area (Å²) in [5.41, 5.74) is 2.74. The van der Waals surface area contributed by atoms with Crippen molar-refractivity contribution >= 4 is 11.7 Å². The van der Waals surface area contributed by atoms with E-state index in [1.165, 1.54) is 6.07 Å². The van der Waals surface area contributed by atoms with Gasteiger partial charge in [0.2, 0.25) is 0 Å². The number of H-pyrrole nitrogens is 1. The number of benzene rings is 1. The Kier molecular flexibility index (Phi) is 4.58. The van der Waals surface area contributed by atoms with Gasteiger partial charge in [0.25, 0.3) is 5.91 Å². The number of halogens is 1. The first-order valence-corrected chi connectivity index (χ1v) is 9.24. The zero-order valence-electron chi connectivity index (χ0n) is 15.8. The minimum atomic E-state index is -0.760. The lowest BCUT2D eigenvalue weighted by molar-refractivity contribution is 0.0934. The summed E-state index contributed by atoms with van der Waals surface area (Å²) in [6, 6.07) is 5.55. The predicted molar refractivity (Wildman–Crippen MR) is 102 cm³/mol. The Morgan fingerprint density at radius 1 is 1.32 bits per heavy atom. The Balaban J connectivity index is 1.72. The highest BCUT2D eigenvalue weighted by Crippen LogP contribution is 2.28. The second-order valence-corrected chi connectivity index (χ2v) is 7.08. The minimum absolute atomic E-state index is 0.0591. The van der Waals surface area contributed by atoms with Gasteiger partial charge in [-0.15, -0.1) is 0 Å². The van der Waals surface area contributed by atoms with Gasteiger partial charge in [-0.25, -0.2) is 9.37 Å². The quantitative estimate of drug-likeness (QED) is 0.729. The molecule has 28 heavy (non-hydrogen) atoms. The smallest absolute Gasteiger partial charge is 0.268 e. The lowest BCUT2D eigenvalue weighted by Crippen LogP contribution is -2.32. The first kappa shape index (κ1) is 18.2. The molecule has 3 aromatic rings. The van der Waals surface area contributed by atoms with E-state index in [2.05, 4.69) is 15.3 Å². The number of hydrogen-bond donors (Lipinski definition) is 2.